The average molecular weight is 462 g/mol. The number of nitrogens with one attached hydrogen (secondary N) is 1. The number of urea groups is 1. The summed E-state index contributed by atoms with van der Waals surface area (Å²) in [6.45, 7) is -0.353. The second-order valence-electron chi connectivity index (χ2n) is 9.66. The minimum Gasteiger partial charge on any atom is -0.391 e. The predicted octanol–water partition coefficient (Wildman–Crippen LogP) is 1.01. The van der Waals surface area contributed by atoms with E-state index in [0.29, 0.717) is 25.7 Å². The summed E-state index contributed by atoms with van der Waals surface area (Å²) in [6.07, 6.45) is 4.00. The lowest BCUT2D eigenvalue weighted by molar-refractivity contribution is -0.157. The predicted molar refractivity (Wildman–Crippen MR) is 110 cm³/mol. The maximum atomic E-state index is 13.4. The maximum absolute atomic E-state index is 13.4. The minimum atomic E-state index is -3.21. The van der Waals surface area contributed by atoms with Gasteiger partial charge in [-0.25, -0.2) is 4.79 Å². The average Bonchev–Trinajstić information content (AvgIpc) is 2.98. The topological polar surface area (TPSA) is 149 Å². The van der Waals surface area contributed by atoms with Gasteiger partial charge in [0.1, 0.15) is 18.3 Å². The van der Waals surface area contributed by atoms with E-state index in [-0.39, 0.29) is 6.61 Å². The monoisotopic (exact) mass is 462 g/mol. The van der Waals surface area contributed by atoms with Gasteiger partial charge in [0.15, 0.2) is 6.23 Å². The number of nitrogens with zero attached hydrogens (tertiary/aromatic N) is 1. The van der Waals surface area contributed by atoms with Crippen LogP contribution >= 0.6 is 8.25 Å². The zero-order valence-electron chi connectivity index (χ0n) is 17.7. The van der Waals surface area contributed by atoms with Crippen LogP contribution in [-0.2, 0) is 13.8 Å². The molecule has 0 aromatic heterocycles. The molecule has 4 fully saturated rings. The fraction of sp³-hybridized carbons (Fsp3) is 0.950. The first kappa shape index (κ1) is 23.4. The molecule has 0 radical (unpaired) electrons. The molecule has 178 valence electrons. The Balaban J connectivity index is 1.63. The number of carbonyl (C=O) groups excluding carboxylic acids is 1. The van der Waals surface area contributed by atoms with E-state index < -0.39 is 56.0 Å². The van der Waals surface area contributed by atoms with E-state index in [2.05, 4.69) is 5.32 Å². The second-order valence-corrected chi connectivity index (χ2v) is 10.5. The highest BCUT2D eigenvalue weighted by molar-refractivity contribution is 7.32. The normalized spacial score (nSPS) is 45.0. The number of aliphatic hydroxyl groups excluding tert-OH is 3. The highest BCUT2D eigenvalue weighted by Crippen LogP contribution is 2.50. The minimum absolute atomic E-state index is 0.353. The van der Waals surface area contributed by atoms with Gasteiger partial charge < -0.3 is 34.8 Å². The molecule has 2 bridgehead atoms. The molecule has 4 rings (SSSR count). The summed E-state index contributed by atoms with van der Waals surface area (Å²) in [5.41, 5.74) is -1.27. The zero-order valence-corrected chi connectivity index (χ0v) is 18.7. The highest BCUT2D eigenvalue weighted by atomic mass is 31.1. The molecule has 2 aliphatic heterocycles. The van der Waals surface area contributed by atoms with Crippen molar-refractivity contribution < 1.29 is 38.8 Å². The third kappa shape index (κ3) is 4.40. The number of hydrogen-bond acceptors (Lipinski definition) is 7. The Bertz CT molecular complexity index is 698. The molecule has 31 heavy (non-hydrogen) atoms. The van der Waals surface area contributed by atoms with E-state index in [1.54, 1.807) is 4.90 Å². The van der Waals surface area contributed by atoms with Gasteiger partial charge in [-0.15, -0.1) is 0 Å². The Hall–Kier alpha value is -0.740. The van der Waals surface area contributed by atoms with Gasteiger partial charge in [-0.2, -0.15) is 0 Å². The number of hydrogen-bond donors (Lipinski definition) is 5. The standard InChI is InChI=1S/C20H35N2O8P/c23-14-7-10-19-8-5-3-1-2-4-6-9-20(14,12-19)21-18(26)22(19)17-16(25)15(24)13(30-17)11-29-31(27)28/h13-17,23-25,31H,1-12H2,(H,21,26)(H,27,28). The summed E-state index contributed by atoms with van der Waals surface area (Å²) in [4.78, 5) is 23.9. The molecule has 2 saturated carbocycles. The molecule has 8 unspecified atom stereocenters. The van der Waals surface area contributed by atoms with Gasteiger partial charge >= 0.3 is 14.3 Å². The van der Waals surface area contributed by atoms with Gasteiger partial charge in [0.25, 0.3) is 0 Å². The van der Waals surface area contributed by atoms with E-state index in [0.717, 1.165) is 44.9 Å². The van der Waals surface area contributed by atoms with Crippen LogP contribution < -0.4 is 5.32 Å². The number of ether oxygens (including phenoxy) is 1. The molecule has 0 aromatic rings. The molecule has 4 aliphatic rings. The van der Waals surface area contributed by atoms with E-state index in [1.807, 2.05) is 0 Å². The lowest BCUT2D eigenvalue weighted by Crippen LogP contribution is -2.77. The van der Waals surface area contributed by atoms with Crippen LogP contribution in [0.3, 0.4) is 0 Å². The zero-order chi connectivity index (χ0) is 22.2. The van der Waals surface area contributed by atoms with Crippen LogP contribution in [0.2, 0.25) is 0 Å². The molecular formula is C20H35N2O8P. The number of amides is 2. The van der Waals surface area contributed by atoms with Crippen molar-refractivity contribution >= 4 is 14.3 Å². The summed E-state index contributed by atoms with van der Waals surface area (Å²) in [7, 11) is -3.21. The molecule has 2 aliphatic carbocycles. The number of rotatable bonds is 4. The molecule has 2 heterocycles. The molecule has 0 spiro atoms. The Labute approximate surface area is 182 Å². The summed E-state index contributed by atoms with van der Waals surface area (Å²) >= 11 is 0. The lowest BCUT2D eigenvalue weighted by atomic mass is 9.63. The van der Waals surface area contributed by atoms with Crippen molar-refractivity contribution in [1.82, 2.24) is 10.2 Å². The summed E-state index contributed by atoms with van der Waals surface area (Å²) in [5.74, 6) is 0. The van der Waals surface area contributed by atoms with Crippen LogP contribution in [0.4, 0.5) is 4.79 Å². The fourth-order valence-corrected chi connectivity index (χ4v) is 6.48. The van der Waals surface area contributed by atoms with Crippen LogP contribution in [0, 0.1) is 0 Å². The summed E-state index contributed by atoms with van der Waals surface area (Å²) < 4.78 is 21.5. The third-order valence-electron chi connectivity index (χ3n) is 7.73. The van der Waals surface area contributed by atoms with Crippen molar-refractivity contribution in [2.45, 2.75) is 112 Å². The first-order valence-corrected chi connectivity index (χ1v) is 12.7. The molecule has 5 N–H and O–H groups in total. The van der Waals surface area contributed by atoms with Gasteiger partial charge in [0.2, 0.25) is 0 Å². The van der Waals surface area contributed by atoms with Crippen molar-refractivity contribution in [2.75, 3.05) is 6.61 Å². The van der Waals surface area contributed by atoms with Crippen molar-refractivity contribution in [1.29, 1.82) is 0 Å². The number of aliphatic hydroxyl groups is 3. The van der Waals surface area contributed by atoms with E-state index in [1.165, 1.54) is 0 Å². The van der Waals surface area contributed by atoms with Crippen LogP contribution in [0.1, 0.15) is 70.6 Å². The maximum Gasteiger partial charge on any atom is 0.320 e. The SMILES string of the molecule is O=C1NC23CCCCCCCCC(CCC2O)(C3)N1C1OC(CO[PH](=O)O)C(O)C1O. The quantitative estimate of drug-likeness (QED) is 0.389. The summed E-state index contributed by atoms with van der Waals surface area (Å²) in [5, 5.41) is 35.1. The first-order valence-electron chi connectivity index (χ1n) is 11.4. The molecular weight excluding hydrogens is 427 g/mol. The molecule has 2 amide bonds. The summed E-state index contributed by atoms with van der Waals surface area (Å²) in [6, 6.07) is -0.405. The third-order valence-corrected chi connectivity index (χ3v) is 8.14. The lowest BCUT2D eigenvalue weighted by Gasteiger charge is -2.61. The van der Waals surface area contributed by atoms with Gasteiger partial charge in [-0.3, -0.25) is 9.46 Å². The molecule has 11 heteroatoms. The highest BCUT2D eigenvalue weighted by Gasteiger charge is 2.62. The van der Waals surface area contributed by atoms with E-state index in [9.17, 15) is 24.7 Å². The molecule has 0 aromatic carbocycles. The van der Waals surface area contributed by atoms with Crippen LogP contribution in [-0.4, -0.2) is 79.5 Å². The molecule has 10 nitrogen and oxygen atoms in total. The Morgan fingerprint density at radius 3 is 2.45 bits per heavy atom. The second kappa shape index (κ2) is 9.25. The number of carbonyl (C=O) groups is 1. The smallest absolute Gasteiger partial charge is 0.320 e. The van der Waals surface area contributed by atoms with Crippen LogP contribution in [0.25, 0.3) is 0 Å². The first-order chi connectivity index (χ1) is 14.8. The van der Waals surface area contributed by atoms with Crippen molar-refractivity contribution in [3.8, 4) is 0 Å². The van der Waals surface area contributed by atoms with Gasteiger partial charge in [0, 0.05) is 5.54 Å². The van der Waals surface area contributed by atoms with Crippen LogP contribution in [0.15, 0.2) is 0 Å². The van der Waals surface area contributed by atoms with Crippen molar-refractivity contribution in [2.24, 2.45) is 0 Å². The largest absolute Gasteiger partial charge is 0.391 e. The van der Waals surface area contributed by atoms with Gasteiger partial charge in [0.05, 0.1) is 18.2 Å². The van der Waals surface area contributed by atoms with Crippen molar-refractivity contribution in [3.63, 3.8) is 0 Å². The van der Waals surface area contributed by atoms with Crippen LogP contribution in [0.5, 0.6) is 0 Å². The van der Waals surface area contributed by atoms with Gasteiger partial charge in [-0.1, -0.05) is 38.5 Å². The fourth-order valence-electron chi connectivity index (χ4n) is 6.17. The Kier molecular flexibility index (Phi) is 6.99. The van der Waals surface area contributed by atoms with E-state index >= 15 is 0 Å². The molecule has 2 saturated heterocycles. The van der Waals surface area contributed by atoms with Gasteiger partial charge in [-0.05, 0) is 32.1 Å². The Morgan fingerprint density at radius 1 is 1.06 bits per heavy atom. The molecule has 8 atom stereocenters. The van der Waals surface area contributed by atoms with E-state index in [4.69, 9.17) is 14.2 Å². The van der Waals surface area contributed by atoms with Crippen molar-refractivity contribution in [3.05, 3.63) is 0 Å². The Morgan fingerprint density at radius 2 is 1.74 bits per heavy atom.